The van der Waals surface area contributed by atoms with E-state index in [4.69, 9.17) is 9.47 Å². The highest BCUT2D eigenvalue weighted by molar-refractivity contribution is 7.90. The summed E-state index contributed by atoms with van der Waals surface area (Å²) in [5.74, 6) is -0.529. The lowest BCUT2D eigenvalue weighted by Crippen LogP contribution is -2.37. The SMILES string of the molecule is COC(=O)c1ccc([C@@H]2CC[C@@H](NC(=O)OC(C)(C)C)C2)c2ccn(S(=O)(=O)c3ccc(C)cc3)c12. The van der Waals surface area contributed by atoms with Gasteiger partial charge >= 0.3 is 12.1 Å². The number of esters is 1. The van der Waals surface area contributed by atoms with Crippen LogP contribution in [0.4, 0.5) is 4.79 Å². The summed E-state index contributed by atoms with van der Waals surface area (Å²) in [4.78, 5) is 25.0. The van der Waals surface area contributed by atoms with Gasteiger partial charge in [-0.3, -0.25) is 0 Å². The Morgan fingerprint density at radius 3 is 2.36 bits per heavy atom. The van der Waals surface area contributed by atoms with Crippen LogP contribution in [0.25, 0.3) is 10.9 Å². The molecular formula is C27H32N2O6S. The molecule has 1 heterocycles. The molecule has 1 N–H and O–H groups in total. The molecule has 0 radical (unpaired) electrons. The minimum Gasteiger partial charge on any atom is -0.465 e. The first-order valence-electron chi connectivity index (χ1n) is 11.9. The maximum Gasteiger partial charge on any atom is 0.407 e. The Balaban J connectivity index is 1.72. The highest BCUT2D eigenvalue weighted by atomic mass is 32.2. The van der Waals surface area contributed by atoms with E-state index in [0.29, 0.717) is 17.3 Å². The van der Waals surface area contributed by atoms with Gasteiger partial charge < -0.3 is 14.8 Å². The summed E-state index contributed by atoms with van der Waals surface area (Å²) >= 11 is 0. The van der Waals surface area contributed by atoms with E-state index >= 15 is 0 Å². The van der Waals surface area contributed by atoms with Gasteiger partial charge in [-0.2, -0.15) is 0 Å². The minimum atomic E-state index is -3.95. The number of alkyl carbamates (subject to hydrolysis) is 1. The molecule has 8 nitrogen and oxygen atoms in total. The van der Waals surface area contributed by atoms with Crippen molar-refractivity contribution < 1.29 is 27.5 Å². The number of ether oxygens (including phenoxy) is 2. The number of fused-ring (bicyclic) bond motifs is 1. The van der Waals surface area contributed by atoms with Crippen molar-refractivity contribution in [3.63, 3.8) is 0 Å². The lowest BCUT2D eigenvalue weighted by atomic mass is 9.93. The molecule has 1 aliphatic rings. The predicted molar refractivity (Wildman–Crippen MR) is 137 cm³/mol. The molecular weight excluding hydrogens is 480 g/mol. The number of hydrogen-bond acceptors (Lipinski definition) is 6. The Hall–Kier alpha value is -3.33. The van der Waals surface area contributed by atoms with Gasteiger partial charge in [0.2, 0.25) is 0 Å². The van der Waals surface area contributed by atoms with Crippen LogP contribution in [0.5, 0.6) is 0 Å². The summed E-state index contributed by atoms with van der Waals surface area (Å²) in [6, 6.07) is 11.8. The van der Waals surface area contributed by atoms with Crippen LogP contribution in [0.1, 0.15) is 67.4 Å². The molecule has 1 fully saturated rings. The Morgan fingerprint density at radius 1 is 1.03 bits per heavy atom. The Labute approximate surface area is 211 Å². The van der Waals surface area contributed by atoms with Crippen molar-refractivity contribution in [3.05, 3.63) is 65.4 Å². The molecule has 0 aliphatic heterocycles. The van der Waals surface area contributed by atoms with Crippen molar-refractivity contribution in [1.29, 1.82) is 0 Å². The lowest BCUT2D eigenvalue weighted by Gasteiger charge is -2.22. The van der Waals surface area contributed by atoms with Crippen LogP contribution in [0.15, 0.2) is 53.6 Å². The first-order chi connectivity index (χ1) is 16.9. The van der Waals surface area contributed by atoms with Crippen molar-refractivity contribution >= 4 is 33.0 Å². The van der Waals surface area contributed by atoms with Crippen LogP contribution >= 0.6 is 0 Å². The fraction of sp³-hybridized carbons (Fsp3) is 0.407. The van der Waals surface area contributed by atoms with Crippen molar-refractivity contribution in [2.24, 2.45) is 0 Å². The number of carbonyl (C=O) groups excluding carboxylic acids is 2. The third kappa shape index (κ3) is 5.11. The van der Waals surface area contributed by atoms with E-state index in [1.165, 1.54) is 13.3 Å². The molecule has 0 spiro atoms. The van der Waals surface area contributed by atoms with Crippen LogP contribution in [0.2, 0.25) is 0 Å². The third-order valence-electron chi connectivity index (χ3n) is 6.42. The molecule has 2 aromatic carbocycles. The van der Waals surface area contributed by atoms with E-state index < -0.39 is 27.7 Å². The topological polar surface area (TPSA) is 104 Å². The average molecular weight is 513 g/mol. The average Bonchev–Trinajstić information content (AvgIpc) is 3.45. The zero-order chi connectivity index (χ0) is 26.3. The monoisotopic (exact) mass is 512 g/mol. The van der Waals surface area contributed by atoms with Crippen LogP contribution in [-0.2, 0) is 19.5 Å². The van der Waals surface area contributed by atoms with Gasteiger partial charge in [0.1, 0.15) is 5.60 Å². The van der Waals surface area contributed by atoms with E-state index in [1.807, 2.05) is 33.8 Å². The lowest BCUT2D eigenvalue weighted by molar-refractivity contribution is 0.0504. The molecule has 0 bridgehead atoms. The summed E-state index contributed by atoms with van der Waals surface area (Å²) < 4.78 is 38.6. The number of carbonyl (C=O) groups is 2. The minimum absolute atomic E-state index is 0.0569. The summed E-state index contributed by atoms with van der Waals surface area (Å²) in [6.45, 7) is 7.34. The van der Waals surface area contributed by atoms with E-state index in [2.05, 4.69) is 5.32 Å². The molecule has 3 aromatic rings. The van der Waals surface area contributed by atoms with Crippen molar-refractivity contribution in [3.8, 4) is 0 Å². The second-order valence-corrected chi connectivity index (χ2v) is 12.1. The van der Waals surface area contributed by atoms with Crippen LogP contribution in [0, 0.1) is 6.92 Å². The maximum absolute atomic E-state index is 13.6. The first kappa shape index (κ1) is 25.8. The largest absolute Gasteiger partial charge is 0.465 e. The molecule has 36 heavy (non-hydrogen) atoms. The molecule has 192 valence electrons. The van der Waals surface area contributed by atoms with Crippen LogP contribution in [0.3, 0.4) is 0 Å². The van der Waals surface area contributed by atoms with Gasteiger partial charge in [0.05, 0.1) is 23.1 Å². The number of nitrogens with zero attached hydrogens (tertiary/aromatic N) is 1. The molecule has 1 aliphatic carbocycles. The second-order valence-electron chi connectivity index (χ2n) is 10.2. The third-order valence-corrected chi connectivity index (χ3v) is 8.11. The first-order valence-corrected chi connectivity index (χ1v) is 13.4. The van der Waals surface area contributed by atoms with Crippen molar-refractivity contribution in [2.45, 2.75) is 69.4 Å². The second kappa shape index (κ2) is 9.61. The highest BCUT2D eigenvalue weighted by Gasteiger charge is 2.32. The Kier molecular flexibility index (Phi) is 6.88. The van der Waals surface area contributed by atoms with Gasteiger partial charge in [-0.15, -0.1) is 0 Å². The molecule has 2 atom stereocenters. The van der Waals surface area contributed by atoms with Gasteiger partial charge in [0.25, 0.3) is 10.0 Å². The number of aryl methyl sites for hydroxylation is 1. The molecule has 0 saturated heterocycles. The number of aromatic nitrogens is 1. The quantitative estimate of drug-likeness (QED) is 0.475. The number of rotatable bonds is 5. The summed E-state index contributed by atoms with van der Waals surface area (Å²) in [5, 5.41) is 3.62. The fourth-order valence-electron chi connectivity index (χ4n) is 4.78. The molecule has 1 aromatic heterocycles. The zero-order valence-corrected chi connectivity index (χ0v) is 22.0. The summed E-state index contributed by atoms with van der Waals surface area (Å²) in [7, 11) is -2.68. The molecule has 1 amide bonds. The van der Waals surface area contributed by atoms with E-state index in [1.54, 1.807) is 36.4 Å². The van der Waals surface area contributed by atoms with Crippen molar-refractivity contribution in [2.75, 3.05) is 7.11 Å². The van der Waals surface area contributed by atoms with Crippen LogP contribution < -0.4 is 5.32 Å². The Bertz CT molecular complexity index is 1400. The van der Waals surface area contributed by atoms with Gasteiger partial charge in [-0.1, -0.05) is 23.8 Å². The van der Waals surface area contributed by atoms with E-state index in [9.17, 15) is 18.0 Å². The molecule has 9 heteroatoms. The van der Waals surface area contributed by atoms with E-state index in [0.717, 1.165) is 27.9 Å². The Morgan fingerprint density at radius 2 is 1.72 bits per heavy atom. The number of methoxy groups -OCH3 is 1. The standard InChI is InChI=1S/C27H32N2O6S/c1-17-6-10-20(11-7-17)36(32,33)29-15-14-22-21(12-13-23(24(22)29)25(30)34-5)18-8-9-19(16-18)28-26(31)35-27(2,3)4/h6-7,10-15,18-19H,8-9,16H2,1-5H3,(H,28,31)/t18-,19-/m1/s1. The number of benzene rings is 2. The van der Waals surface area contributed by atoms with Gasteiger partial charge in [-0.05, 0) is 82.7 Å². The maximum atomic E-state index is 13.6. The number of nitrogens with one attached hydrogen (secondary N) is 1. The molecule has 1 saturated carbocycles. The summed E-state index contributed by atoms with van der Waals surface area (Å²) in [6.07, 6.45) is 3.30. The zero-order valence-electron chi connectivity index (χ0n) is 21.2. The number of amides is 1. The fourth-order valence-corrected chi connectivity index (χ4v) is 6.14. The van der Waals surface area contributed by atoms with Gasteiger partial charge in [0.15, 0.2) is 0 Å². The van der Waals surface area contributed by atoms with Gasteiger partial charge in [0, 0.05) is 17.6 Å². The van der Waals surface area contributed by atoms with Crippen molar-refractivity contribution in [1.82, 2.24) is 9.29 Å². The normalized spacial score (nSPS) is 18.2. The van der Waals surface area contributed by atoms with E-state index in [-0.39, 0.29) is 22.4 Å². The summed E-state index contributed by atoms with van der Waals surface area (Å²) in [5.41, 5.74) is 1.77. The smallest absolute Gasteiger partial charge is 0.407 e. The molecule has 0 unspecified atom stereocenters. The number of hydrogen-bond donors (Lipinski definition) is 1. The molecule has 4 rings (SSSR count). The highest BCUT2D eigenvalue weighted by Crippen LogP contribution is 2.40. The predicted octanol–water partition coefficient (Wildman–Crippen LogP) is 5.13. The van der Waals surface area contributed by atoms with Crippen LogP contribution in [-0.4, -0.2) is 43.2 Å². The van der Waals surface area contributed by atoms with Gasteiger partial charge in [-0.25, -0.2) is 22.0 Å².